The van der Waals surface area contributed by atoms with E-state index in [9.17, 15) is 13.2 Å². The van der Waals surface area contributed by atoms with E-state index in [4.69, 9.17) is 0 Å². The molecule has 3 atom stereocenters. The predicted octanol–water partition coefficient (Wildman–Crippen LogP) is 1.19. The fraction of sp³-hybridized carbons (Fsp3) is 0.667. The Morgan fingerprint density at radius 2 is 2.13 bits per heavy atom. The highest BCUT2D eigenvalue weighted by Gasteiger charge is 2.38. The number of hydrogen-bond donors (Lipinski definition) is 3. The first-order valence-electron chi connectivity index (χ1n) is 8.05. The van der Waals surface area contributed by atoms with Gasteiger partial charge in [0.25, 0.3) is 0 Å². The third-order valence-electron chi connectivity index (χ3n) is 4.79. The molecule has 0 aromatic carbocycles. The van der Waals surface area contributed by atoms with Crippen LogP contribution >= 0.6 is 11.3 Å². The molecule has 23 heavy (non-hydrogen) atoms. The van der Waals surface area contributed by atoms with Crippen molar-refractivity contribution >= 4 is 27.3 Å². The maximum Gasteiger partial charge on any atom is 0.249 e. The van der Waals surface area contributed by atoms with Gasteiger partial charge in [-0.05, 0) is 44.4 Å². The van der Waals surface area contributed by atoms with Crippen LogP contribution in [0.25, 0.3) is 0 Å². The molecule has 128 valence electrons. The van der Waals surface area contributed by atoms with Crippen molar-refractivity contribution in [3.05, 3.63) is 17.0 Å². The van der Waals surface area contributed by atoms with Gasteiger partial charge >= 0.3 is 0 Å². The summed E-state index contributed by atoms with van der Waals surface area (Å²) in [5.41, 5.74) is 0. The minimum atomic E-state index is -3.40. The van der Waals surface area contributed by atoms with Gasteiger partial charge in [-0.2, -0.15) is 0 Å². The summed E-state index contributed by atoms with van der Waals surface area (Å²) in [6.45, 7) is 0.371. The van der Waals surface area contributed by atoms with Crippen molar-refractivity contribution in [2.75, 3.05) is 7.05 Å². The maximum atomic E-state index is 12.3. The van der Waals surface area contributed by atoms with Crippen molar-refractivity contribution < 1.29 is 13.2 Å². The van der Waals surface area contributed by atoms with Gasteiger partial charge in [0.1, 0.15) is 4.21 Å². The SMILES string of the molecule is CNS(=O)(=O)c1ccc(CNC(=O)C2CC3CCCCC3N2)s1. The molecule has 1 aromatic rings. The van der Waals surface area contributed by atoms with E-state index >= 15 is 0 Å². The van der Waals surface area contributed by atoms with Crippen LogP contribution in [0, 0.1) is 5.92 Å². The lowest BCUT2D eigenvalue weighted by Crippen LogP contribution is -2.42. The minimum Gasteiger partial charge on any atom is -0.350 e. The van der Waals surface area contributed by atoms with Gasteiger partial charge in [0.15, 0.2) is 0 Å². The Hall–Kier alpha value is -0.960. The summed E-state index contributed by atoms with van der Waals surface area (Å²) in [7, 11) is -2.01. The van der Waals surface area contributed by atoms with Crippen LogP contribution in [-0.2, 0) is 21.4 Å². The van der Waals surface area contributed by atoms with Crippen molar-refractivity contribution in [2.45, 2.75) is 54.9 Å². The molecule has 1 saturated carbocycles. The van der Waals surface area contributed by atoms with Crippen molar-refractivity contribution in [2.24, 2.45) is 5.92 Å². The number of hydrogen-bond acceptors (Lipinski definition) is 5. The smallest absolute Gasteiger partial charge is 0.249 e. The van der Waals surface area contributed by atoms with E-state index in [2.05, 4.69) is 15.4 Å². The summed E-state index contributed by atoms with van der Waals surface area (Å²) in [5.74, 6) is 0.652. The molecule has 1 amide bonds. The number of fused-ring (bicyclic) bond motifs is 1. The third kappa shape index (κ3) is 3.76. The van der Waals surface area contributed by atoms with Crippen molar-refractivity contribution in [1.82, 2.24) is 15.4 Å². The number of rotatable bonds is 5. The Kier molecular flexibility index (Phi) is 5.05. The molecule has 2 heterocycles. The van der Waals surface area contributed by atoms with Crippen LogP contribution < -0.4 is 15.4 Å². The average molecular weight is 358 g/mol. The quantitative estimate of drug-likeness (QED) is 0.739. The summed E-state index contributed by atoms with van der Waals surface area (Å²) in [6, 6.07) is 3.70. The first-order chi connectivity index (χ1) is 11.0. The molecular weight excluding hydrogens is 334 g/mol. The van der Waals surface area contributed by atoms with Gasteiger partial charge < -0.3 is 10.6 Å². The highest BCUT2D eigenvalue weighted by atomic mass is 32.2. The third-order valence-corrected chi connectivity index (χ3v) is 7.78. The summed E-state index contributed by atoms with van der Waals surface area (Å²) in [4.78, 5) is 13.2. The number of sulfonamides is 1. The molecular formula is C15H23N3O3S2. The highest BCUT2D eigenvalue weighted by Crippen LogP contribution is 2.33. The van der Waals surface area contributed by atoms with Gasteiger partial charge in [-0.25, -0.2) is 13.1 Å². The van der Waals surface area contributed by atoms with Crippen LogP contribution in [-0.4, -0.2) is 33.5 Å². The Morgan fingerprint density at radius 3 is 2.87 bits per heavy atom. The number of carbonyl (C=O) groups excluding carboxylic acids is 1. The monoisotopic (exact) mass is 357 g/mol. The number of thiophene rings is 1. The van der Waals surface area contributed by atoms with Crippen LogP contribution in [0.5, 0.6) is 0 Å². The van der Waals surface area contributed by atoms with Gasteiger partial charge in [0, 0.05) is 10.9 Å². The van der Waals surface area contributed by atoms with E-state index in [1.807, 2.05) is 0 Å². The van der Waals surface area contributed by atoms with E-state index in [0.29, 0.717) is 18.5 Å². The molecule has 3 unspecified atom stereocenters. The molecule has 6 nitrogen and oxygen atoms in total. The molecule has 1 aromatic heterocycles. The maximum absolute atomic E-state index is 12.3. The first-order valence-corrected chi connectivity index (χ1v) is 10.4. The van der Waals surface area contributed by atoms with Crippen molar-refractivity contribution in [1.29, 1.82) is 0 Å². The summed E-state index contributed by atoms with van der Waals surface area (Å²) < 4.78 is 26.0. The number of nitrogens with one attached hydrogen (secondary N) is 3. The molecule has 2 fully saturated rings. The standard InChI is InChI=1S/C15H23N3O3S2/c1-16-23(20,21)14-7-6-11(22-14)9-17-15(19)13-8-10-4-2-3-5-12(10)18-13/h6-7,10,12-13,16,18H,2-5,8-9H2,1H3,(H,17,19). The molecule has 3 N–H and O–H groups in total. The second-order valence-corrected chi connectivity index (χ2v) is 9.53. The minimum absolute atomic E-state index is 0.0193. The molecule has 0 radical (unpaired) electrons. The predicted molar refractivity (Wildman–Crippen MR) is 89.7 cm³/mol. The fourth-order valence-corrected chi connectivity index (χ4v) is 5.65. The zero-order valence-electron chi connectivity index (χ0n) is 13.2. The Bertz CT molecular complexity index is 657. The van der Waals surface area contributed by atoms with Gasteiger partial charge in [0.05, 0.1) is 12.6 Å². The Morgan fingerprint density at radius 1 is 1.35 bits per heavy atom. The van der Waals surface area contributed by atoms with Crippen molar-refractivity contribution in [3.63, 3.8) is 0 Å². The average Bonchev–Trinajstić information content (AvgIpc) is 3.19. The number of carbonyl (C=O) groups is 1. The summed E-state index contributed by atoms with van der Waals surface area (Å²) in [6.07, 6.45) is 5.83. The van der Waals surface area contributed by atoms with Crippen molar-refractivity contribution in [3.8, 4) is 0 Å². The van der Waals surface area contributed by atoms with Gasteiger partial charge in [-0.3, -0.25) is 4.79 Å². The molecule has 3 rings (SSSR count). The molecule has 1 aliphatic heterocycles. The van der Waals surface area contributed by atoms with E-state index in [0.717, 1.165) is 11.3 Å². The zero-order valence-corrected chi connectivity index (χ0v) is 14.8. The van der Waals surface area contributed by atoms with Crippen LogP contribution in [0.2, 0.25) is 0 Å². The molecule has 0 spiro atoms. The lowest BCUT2D eigenvalue weighted by Gasteiger charge is -2.24. The van der Waals surface area contributed by atoms with E-state index in [-0.39, 0.29) is 16.2 Å². The normalized spacial score (nSPS) is 27.6. The molecule has 1 saturated heterocycles. The van der Waals surface area contributed by atoms with Gasteiger partial charge in [0.2, 0.25) is 15.9 Å². The molecule has 1 aliphatic carbocycles. The summed E-state index contributed by atoms with van der Waals surface area (Å²) in [5, 5.41) is 6.38. The molecule has 8 heteroatoms. The summed E-state index contributed by atoms with van der Waals surface area (Å²) >= 11 is 1.18. The van der Waals surface area contributed by atoms with E-state index < -0.39 is 10.0 Å². The van der Waals surface area contributed by atoms with Crippen LogP contribution in [0.4, 0.5) is 0 Å². The van der Waals surface area contributed by atoms with E-state index in [1.54, 1.807) is 12.1 Å². The van der Waals surface area contributed by atoms with Gasteiger partial charge in [-0.15, -0.1) is 11.3 Å². The van der Waals surface area contributed by atoms with E-state index in [1.165, 1.54) is 44.1 Å². The molecule has 2 aliphatic rings. The Balaban J connectivity index is 1.53. The molecule has 0 bridgehead atoms. The zero-order chi connectivity index (χ0) is 16.4. The van der Waals surface area contributed by atoms with Crippen LogP contribution in [0.1, 0.15) is 37.0 Å². The van der Waals surface area contributed by atoms with Crippen LogP contribution in [0.15, 0.2) is 16.3 Å². The van der Waals surface area contributed by atoms with Crippen LogP contribution in [0.3, 0.4) is 0 Å². The highest BCUT2D eigenvalue weighted by molar-refractivity contribution is 7.91. The second kappa shape index (κ2) is 6.88. The second-order valence-electron chi connectivity index (χ2n) is 6.25. The largest absolute Gasteiger partial charge is 0.350 e. The fourth-order valence-electron chi connectivity index (χ4n) is 3.52. The lowest BCUT2D eigenvalue weighted by atomic mass is 9.85. The first kappa shape index (κ1) is 16.9. The van der Waals surface area contributed by atoms with Gasteiger partial charge in [-0.1, -0.05) is 12.8 Å². The number of amides is 1. The Labute approximate surface area is 141 Å². The lowest BCUT2D eigenvalue weighted by molar-refractivity contribution is -0.123. The topological polar surface area (TPSA) is 87.3 Å².